The number of hydrogen-bond donors (Lipinski definition) is 1. The van der Waals surface area contributed by atoms with Crippen molar-refractivity contribution in [2.45, 2.75) is 19.4 Å². The van der Waals surface area contributed by atoms with E-state index < -0.39 is 0 Å². The fraction of sp³-hybridized carbons (Fsp3) is 0.583. The lowest BCUT2D eigenvalue weighted by Gasteiger charge is -2.32. The van der Waals surface area contributed by atoms with Crippen molar-refractivity contribution in [1.82, 2.24) is 10.3 Å². The Hall–Kier alpha value is -0.800. The zero-order valence-electron chi connectivity index (χ0n) is 9.41. The van der Waals surface area contributed by atoms with Crippen LogP contribution in [0.25, 0.3) is 0 Å². The molecule has 0 radical (unpaired) electrons. The highest BCUT2D eigenvalue weighted by molar-refractivity contribution is 6.30. The molecular formula is C12H16ClN3. The lowest BCUT2D eigenvalue weighted by Crippen LogP contribution is -2.41. The molecule has 4 heteroatoms. The Bertz CT molecular complexity index is 395. The molecule has 0 aromatic carbocycles. The average molecular weight is 238 g/mol. The summed E-state index contributed by atoms with van der Waals surface area (Å²) < 4.78 is 0. The van der Waals surface area contributed by atoms with Crippen LogP contribution in [0.3, 0.4) is 0 Å². The Morgan fingerprint density at radius 2 is 2.38 bits per heavy atom. The van der Waals surface area contributed by atoms with Gasteiger partial charge in [0.15, 0.2) is 0 Å². The molecule has 2 saturated heterocycles. The first-order chi connectivity index (χ1) is 7.72. The molecule has 0 aliphatic carbocycles. The third kappa shape index (κ3) is 1.78. The lowest BCUT2D eigenvalue weighted by molar-refractivity contribution is 0.474. The maximum atomic E-state index is 5.95. The standard InChI is InChI=1S/C12H16ClN3/c1-8-2-11(5-15-12(8)13)16-6-9-3-10(7-16)14-4-9/h2,5,9-10,14H,3-4,6-7H2,1H3/t9-,10-/m1/s1. The van der Waals surface area contributed by atoms with Crippen molar-refractivity contribution in [2.75, 3.05) is 24.5 Å². The molecule has 3 nitrogen and oxygen atoms in total. The third-order valence-electron chi connectivity index (χ3n) is 3.60. The number of hydrogen-bond acceptors (Lipinski definition) is 3. The van der Waals surface area contributed by atoms with Gasteiger partial charge in [-0.3, -0.25) is 0 Å². The second-order valence-corrected chi connectivity index (χ2v) is 5.27. The van der Waals surface area contributed by atoms with Crippen molar-refractivity contribution in [2.24, 2.45) is 5.92 Å². The molecule has 3 rings (SSSR count). The number of pyridine rings is 1. The number of halogens is 1. The van der Waals surface area contributed by atoms with Crippen molar-refractivity contribution >= 4 is 17.3 Å². The van der Waals surface area contributed by atoms with E-state index in [-0.39, 0.29) is 0 Å². The largest absolute Gasteiger partial charge is 0.368 e. The van der Waals surface area contributed by atoms with Gasteiger partial charge in [-0.2, -0.15) is 0 Å². The predicted molar refractivity (Wildman–Crippen MR) is 66.1 cm³/mol. The molecule has 3 heterocycles. The summed E-state index contributed by atoms with van der Waals surface area (Å²) in [5.74, 6) is 0.801. The molecule has 2 fully saturated rings. The normalized spacial score (nSPS) is 28.5. The molecule has 16 heavy (non-hydrogen) atoms. The van der Waals surface area contributed by atoms with Crippen LogP contribution in [0.15, 0.2) is 12.3 Å². The molecule has 86 valence electrons. The predicted octanol–water partition coefficient (Wildman–Crippen LogP) is 1.84. The first kappa shape index (κ1) is 10.4. The van der Waals surface area contributed by atoms with E-state index in [9.17, 15) is 0 Å². The van der Waals surface area contributed by atoms with E-state index in [1.54, 1.807) is 0 Å². The van der Waals surface area contributed by atoms with Gasteiger partial charge in [-0.15, -0.1) is 0 Å². The molecule has 2 bridgehead atoms. The van der Waals surface area contributed by atoms with Crippen LogP contribution in [0.5, 0.6) is 0 Å². The van der Waals surface area contributed by atoms with Gasteiger partial charge in [0.2, 0.25) is 0 Å². The molecule has 2 atom stereocenters. The van der Waals surface area contributed by atoms with Gasteiger partial charge in [0.25, 0.3) is 0 Å². The number of aryl methyl sites for hydroxylation is 1. The van der Waals surface area contributed by atoms with Crippen LogP contribution in [-0.2, 0) is 0 Å². The van der Waals surface area contributed by atoms with E-state index in [4.69, 9.17) is 11.6 Å². The van der Waals surface area contributed by atoms with Crippen molar-refractivity contribution in [3.8, 4) is 0 Å². The summed E-state index contributed by atoms with van der Waals surface area (Å²) in [7, 11) is 0. The minimum Gasteiger partial charge on any atom is -0.368 e. The molecule has 1 aromatic heterocycles. The summed E-state index contributed by atoms with van der Waals surface area (Å²) >= 11 is 5.95. The van der Waals surface area contributed by atoms with E-state index in [0.29, 0.717) is 11.2 Å². The number of anilines is 1. The zero-order valence-corrected chi connectivity index (χ0v) is 10.2. The Kier molecular flexibility index (Phi) is 2.52. The van der Waals surface area contributed by atoms with Gasteiger partial charge >= 0.3 is 0 Å². The Labute approximate surface area is 101 Å². The molecule has 0 spiro atoms. The minimum atomic E-state index is 0.613. The van der Waals surface area contributed by atoms with Crippen LogP contribution in [-0.4, -0.2) is 30.7 Å². The van der Waals surface area contributed by atoms with Crippen LogP contribution in [0, 0.1) is 12.8 Å². The summed E-state index contributed by atoms with van der Waals surface area (Å²) in [6, 6.07) is 2.80. The van der Waals surface area contributed by atoms with Gasteiger partial charge in [-0.25, -0.2) is 4.98 Å². The highest BCUT2D eigenvalue weighted by Crippen LogP contribution is 2.28. The van der Waals surface area contributed by atoms with Gasteiger partial charge in [-0.05, 0) is 30.9 Å². The van der Waals surface area contributed by atoms with E-state index in [1.807, 2.05) is 13.1 Å². The highest BCUT2D eigenvalue weighted by Gasteiger charge is 2.32. The number of nitrogens with one attached hydrogen (secondary N) is 1. The van der Waals surface area contributed by atoms with Gasteiger partial charge in [-0.1, -0.05) is 11.6 Å². The fourth-order valence-corrected chi connectivity index (χ4v) is 2.86. The summed E-state index contributed by atoms with van der Waals surface area (Å²) in [6.07, 6.45) is 3.22. The molecular weight excluding hydrogens is 222 g/mol. The lowest BCUT2D eigenvalue weighted by atomic mass is 9.99. The minimum absolute atomic E-state index is 0.613. The van der Waals surface area contributed by atoms with Crippen molar-refractivity contribution < 1.29 is 0 Å². The molecule has 2 aliphatic rings. The van der Waals surface area contributed by atoms with Gasteiger partial charge < -0.3 is 10.2 Å². The van der Waals surface area contributed by atoms with Crippen molar-refractivity contribution in [3.05, 3.63) is 23.0 Å². The molecule has 0 saturated carbocycles. The fourth-order valence-electron chi connectivity index (χ4n) is 2.76. The number of fused-ring (bicyclic) bond motifs is 2. The van der Waals surface area contributed by atoms with E-state index in [0.717, 1.165) is 24.6 Å². The Morgan fingerprint density at radius 1 is 1.50 bits per heavy atom. The monoisotopic (exact) mass is 237 g/mol. The second-order valence-electron chi connectivity index (χ2n) is 4.91. The van der Waals surface area contributed by atoms with Crippen LogP contribution in [0.4, 0.5) is 5.69 Å². The highest BCUT2D eigenvalue weighted by atomic mass is 35.5. The van der Waals surface area contributed by atoms with Crippen LogP contribution >= 0.6 is 11.6 Å². The van der Waals surface area contributed by atoms with Crippen molar-refractivity contribution in [1.29, 1.82) is 0 Å². The summed E-state index contributed by atoms with van der Waals surface area (Å²) in [5.41, 5.74) is 2.27. The second kappa shape index (κ2) is 3.90. The number of rotatable bonds is 1. The molecule has 1 aromatic rings. The summed E-state index contributed by atoms with van der Waals surface area (Å²) in [4.78, 5) is 6.65. The first-order valence-corrected chi connectivity index (χ1v) is 6.20. The Balaban J connectivity index is 1.84. The number of nitrogens with zero attached hydrogens (tertiary/aromatic N) is 2. The summed E-state index contributed by atoms with van der Waals surface area (Å²) in [6.45, 7) is 5.42. The molecule has 0 unspecified atom stereocenters. The quantitative estimate of drug-likeness (QED) is 0.756. The molecule has 1 N–H and O–H groups in total. The van der Waals surface area contributed by atoms with E-state index >= 15 is 0 Å². The maximum Gasteiger partial charge on any atom is 0.132 e. The van der Waals surface area contributed by atoms with Gasteiger partial charge in [0.1, 0.15) is 5.15 Å². The maximum absolute atomic E-state index is 5.95. The smallest absolute Gasteiger partial charge is 0.132 e. The summed E-state index contributed by atoms with van der Waals surface area (Å²) in [5, 5.41) is 4.17. The topological polar surface area (TPSA) is 28.2 Å². The zero-order chi connectivity index (χ0) is 11.1. The van der Waals surface area contributed by atoms with Gasteiger partial charge in [0, 0.05) is 25.7 Å². The Morgan fingerprint density at radius 3 is 3.12 bits per heavy atom. The van der Waals surface area contributed by atoms with E-state index in [2.05, 4.69) is 21.3 Å². The molecule has 0 amide bonds. The van der Waals surface area contributed by atoms with E-state index in [1.165, 1.54) is 18.7 Å². The number of piperidine rings is 1. The molecule has 2 aliphatic heterocycles. The van der Waals surface area contributed by atoms with Crippen LogP contribution < -0.4 is 10.2 Å². The first-order valence-electron chi connectivity index (χ1n) is 5.83. The number of aromatic nitrogens is 1. The van der Waals surface area contributed by atoms with Crippen LogP contribution in [0.2, 0.25) is 5.15 Å². The third-order valence-corrected chi connectivity index (χ3v) is 3.99. The van der Waals surface area contributed by atoms with Gasteiger partial charge in [0.05, 0.1) is 11.9 Å². The average Bonchev–Trinajstić information content (AvgIpc) is 2.62. The van der Waals surface area contributed by atoms with Crippen LogP contribution in [0.1, 0.15) is 12.0 Å². The SMILES string of the molecule is Cc1cc(N2C[C@H]3CN[C@H](C3)C2)cnc1Cl. The van der Waals surface area contributed by atoms with Crippen molar-refractivity contribution in [3.63, 3.8) is 0 Å².